The van der Waals surface area contributed by atoms with Crippen molar-refractivity contribution in [2.75, 3.05) is 13.1 Å². The second-order valence-electron chi connectivity index (χ2n) is 7.29. The fourth-order valence-electron chi connectivity index (χ4n) is 3.72. The molecule has 0 unspecified atom stereocenters. The Morgan fingerprint density at radius 1 is 1.19 bits per heavy atom. The number of nitrogens with zero attached hydrogens (tertiary/aromatic N) is 1. The van der Waals surface area contributed by atoms with Crippen molar-refractivity contribution in [2.24, 2.45) is 5.41 Å². The number of aliphatic hydroxyl groups excluding tert-OH is 1. The molecule has 6 heteroatoms. The topological polar surface area (TPSA) is 60.8 Å². The van der Waals surface area contributed by atoms with E-state index in [4.69, 9.17) is 0 Å². The first-order chi connectivity index (χ1) is 12.8. The van der Waals surface area contributed by atoms with Gasteiger partial charge in [-0.15, -0.1) is 0 Å². The van der Waals surface area contributed by atoms with Crippen molar-refractivity contribution >= 4 is 5.97 Å². The quantitative estimate of drug-likeness (QED) is 0.843. The van der Waals surface area contributed by atoms with Crippen molar-refractivity contribution in [3.63, 3.8) is 0 Å². The van der Waals surface area contributed by atoms with Gasteiger partial charge in [-0.25, -0.2) is 8.78 Å². The molecule has 1 aliphatic rings. The van der Waals surface area contributed by atoms with Gasteiger partial charge in [0.2, 0.25) is 0 Å². The van der Waals surface area contributed by atoms with Crippen molar-refractivity contribution in [3.05, 3.63) is 70.8 Å². The minimum atomic E-state index is -1.28. The van der Waals surface area contributed by atoms with E-state index in [-0.39, 0.29) is 37.1 Å². The van der Waals surface area contributed by atoms with Crippen LogP contribution in [0.1, 0.15) is 23.1 Å². The van der Waals surface area contributed by atoms with Crippen LogP contribution in [-0.2, 0) is 17.8 Å². The number of benzene rings is 2. The summed E-state index contributed by atoms with van der Waals surface area (Å²) in [6.07, 6.45) is -0.651. The van der Waals surface area contributed by atoms with E-state index in [9.17, 15) is 23.8 Å². The molecule has 2 aromatic rings. The highest BCUT2D eigenvalue weighted by atomic mass is 19.2. The van der Waals surface area contributed by atoms with Gasteiger partial charge in [-0.3, -0.25) is 9.69 Å². The fourth-order valence-corrected chi connectivity index (χ4v) is 3.72. The van der Waals surface area contributed by atoms with Crippen molar-refractivity contribution in [2.45, 2.75) is 32.4 Å². The molecule has 0 saturated carbocycles. The predicted molar refractivity (Wildman–Crippen MR) is 97.2 cm³/mol. The lowest BCUT2D eigenvalue weighted by molar-refractivity contribution is -0.163. The van der Waals surface area contributed by atoms with Gasteiger partial charge in [-0.1, -0.05) is 42.5 Å². The standard InChI is InChI=1S/C21H23F2NO3/c1-14-7-8-16(19(23)18(14)22)12-24-10-9-21(20(26)27,17(25)13-24)11-15-5-3-2-4-6-15/h2-8,17,25H,9-13H2,1H3,(H,26,27)/t17-,21+/m0/s1. The molecule has 0 aliphatic carbocycles. The Morgan fingerprint density at radius 3 is 2.52 bits per heavy atom. The molecule has 2 N–H and O–H groups in total. The highest BCUT2D eigenvalue weighted by molar-refractivity contribution is 5.76. The number of rotatable bonds is 5. The van der Waals surface area contributed by atoms with Gasteiger partial charge in [0.1, 0.15) is 5.41 Å². The molecule has 1 aliphatic heterocycles. The van der Waals surface area contributed by atoms with E-state index in [1.807, 2.05) is 30.3 Å². The minimum Gasteiger partial charge on any atom is -0.481 e. The minimum absolute atomic E-state index is 0.0913. The summed E-state index contributed by atoms with van der Waals surface area (Å²) >= 11 is 0. The average Bonchev–Trinajstić information content (AvgIpc) is 2.65. The number of likely N-dealkylation sites (tertiary alicyclic amines) is 1. The number of piperidine rings is 1. The van der Waals surface area contributed by atoms with Crippen molar-refractivity contribution in [1.82, 2.24) is 4.90 Å². The van der Waals surface area contributed by atoms with Crippen LogP contribution in [0.25, 0.3) is 0 Å². The number of aliphatic carboxylic acids is 1. The number of carboxylic acids is 1. The lowest BCUT2D eigenvalue weighted by atomic mass is 9.71. The third-order valence-corrected chi connectivity index (χ3v) is 5.48. The Labute approximate surface area is 157 Å². The molecule has 4 nitrogen and oxygen atoms in total. The molecular formula is C21H23F2NO3. The normalized spacial score (nSPS) is 23.3. The van der Waals surface area contributed by atoms with Crippen LogP contribution in [0, 0.1) is 24.0 Å². The molecule has 1 fully saturated rings. The molecule has 1 heterocycles. The van der Waals surface area contributed by atoms with Crippen LogP contribution in [-0.4, -0.2) is 40.3 Å². The highest BCUT2D eigenvalue weighted by Crippen LogP contribution is 2.36. The summed E-state index contributed by atoms with van der Waals surface area (Å²) in [4.78, 5) is 13.8. The smallest absolute Gasteiger partial charge is 0.312 e. The lowest BCUT2D eigenvalue weighted by Crippen LogP contribution is -2.55. The second kappa shape index (κ2) is 7.74. The monoisotopic (exact) mass is 375 g/mol. The summed E-state index contributed by atoms with van der Waals surface area (Å²) < 4.78 is 27.9. The van der Waals surface area contributed by atoms with E-state index in [0.717, 1.165) is 5.56 Å². The number of hydrogen-bond donors (Lipinski definition) is 2. The summed E-state index contributed by atoms with van der Waals surface area (Å²) in [6, 6.07) is 12.3. The summed E-state index contributed by atoms with van der Waals surface area (Å²) in [7, 11) is 0. The number of aryl methyl sites for hydroxylation is 1. The second-order valence-corrected chi connectivity index (χ2v) is 7.29. The molecule has 0 radical (unpaired) electrons. The Bertz CT molecular complexity index is 828. The van der Waals surface area contributed by atoms with Gasteiger partial charge >= 0.3 is 5.97 Å². The third-order valence-electron chi connectivity index (χ3n) is 5.48. The maximum Gasteiger partial charge on any atom is 0.312 e. The van der Waals surface area contributed by atoms with Crippen LogP contribution in [0.4, 0.5) is 8.78 Å². The van der Waals surface area contributed by atoms with Crippen molar-refractivity contribution in [1.29, 1.82) is 0 Å². The van der Waals surface area contributed by atoms with Crippen LogP contribution >= 0.6 is 0 Å². The number of hydrogen-bond acceptors (Lipinski definition) is 3. The molecular weight excluding hydrogens is 352 g/mol. The first-order valence-electron chi connectivity index (χ1n) is 8.95. The summed E-state index contributed by atoms with van der Waals surface area (Å²) in [6.45, 7) is 2.10. The largest absolute Gasteiger partial charge is 0.481 e. The number of aliphatic hydroxyl groups is 1. The van der Waals surface area contributed by atoms with Gasteiger partial charge in [0.05, 0.1) is 6.10 Å². The lowest BCUT2D eigenvalue weighted by Gasteiger charge is -2.43. The third kappa shape index (κ3) is 3.87. The van der Waals surface area contributed by atoms with Gasteiger partial charge in [-0.2, -0.15) is 0 Å². The molecule has 0 spiro atoms. The van der Waals surface area contributed by atoms with E-state index in [1.54, 1.807) is 4.90 Å². The van der Waals surface area contributed by atoms with Crippen LogP contribution in [0.2, 0.25) is 0 Å². The molecule has 2 atom stereocenters. The Kier molecular flexibility index (Phi) is 5.58. The number of β-amino-alcohol motifs (C(OH)–C–C–N with tert-alkyl or cyclic N) is 1. The predicted octanol–water partition coefficient (Wildman–Crippen LogP) is 3.15. The number of halogens is 2. The fraction of sp³-hybridized carbons (Fsp3) is 0.381. The zero-order valence-electron chi connectivity index (χ0n) is 15.2. The molecule has 3 rings (SSSR count). The molecule has 144 valence electrons. The zero-order chi connectivity index (χ0) is 19.6. The van der Waals surface area contributed by atoms with Crippen molar-refractivity contribution < 1.29 is 23.8 Å². The number of carbonyl (C=O) groups is 1. The van der Waals surface area contributed by atoms with Gasteiger partial charge in [0.25, 0.3) is 0 Å². The highest BCUT2D eigenvalue weighted by Gasteiger charge is 2.48. The molecule has 27 heavy (non-hydrogen) atoms. The van der Waals surface area contributed by atoms with Gasteiger partial charge in [-0.05, 0) is 37.4 Å². The summed E-state index contributed by atoms with van der Waals surface area (Å²) in [5.74, 6) is -2.79. The van der Waals surface area contributed by atoms with Crippen molar-refractivity contribution in [3.8, 4) is 0 Å². The van der Waals surface area contributed by atoms with E-state index in [2.05, 4.69) is 0 Å². The van der Waals surface area contributed by atoms with Crippen LogP contribution < -0.4 is 0 Å². The van der Waals surface area contributed by atoms with Gasteiger partial charge < -0.3 is 10.2 Å². The average molecular weight is 375 g/mol. The molecule has 1 saturated heterocycles. The zero-order valence-corrected chi connectivity index (χ0v) is 15.2. The van der Waals surface area contributed by atoms with E-state index in [1.165, 1.54) is 19.1 Å². The summed E-state index contributed by atoms with van der Waals surface area (Å²) in [5, 5.41) is 20.5. The van der Waals surface area contributed by atoms with E-state index in [0.29, 0.717) is 6.54 Å². The Hall–Kier alpha value is -2.31. The SMILES string of the molecule is Cc1ccc(CN2CC[C@](Cc3ccccc3)(C(=O)O)[C@@H](O)C2)c(F)c1F. The first kappa shape index (κ1) is 19.5. The van der Waals surface area contributed by atoms with E-state index < -0.39 is 29.1 Å². The van der Waals surface area contributed by atoms with E-state index >= 15 is 0 Å². The number of carboxylic acid groups (broad SMARTS) is 1. The Morgan fingerprint density at radius 2 is 1.89 bits per heavy atom. The molecule has 2 aromatic carbocycles. The van der Waals surface area contributed by atoms with Crippen LogP contribution in [0.3, 0.4) is 0 Å². The molecule has 0 bridgehead atoms. The van der Waals surface area contributed by atoms with Crippen LogP contribution in [0.15, 0.2) is 42.5 Å². The maximum atomic E-state index is 14.1. The molecule has 0 aromatic heterocycles. The molecule has 0 amide bonds. The first-order valence-corrected chi connectivity index (χ1v) is 8.95. The van der Waals surface area contributed by atoms with Gasteiger partial charge in [0, 0.05) is 18.7 Å². The Balaban J connectivity index is 1.75. The summed E-state index contributed by atoms with van der Waals surface area (Å²) in [5.41, 5.74) is 0.00693. The van der Waals surface area contributed by atoms with Crippen LogP contribution in [0.5, 0.6) is 0 Å². The van der Waals surface area contributed by atoms with Gasteiger partial charge in [0.15, 0.2) is 11.6 Å². The maximum absolute atomic E-state index is 14.1.